The van der Waals surface area contributed by atoms with Gasteiger partial charge >= 0.3 is 0 Å². The van der Waals surface area contributed by atoms with Crippen molar-refractivity contribution in [2.75, 3.05) is 51.8 Å². The highest BCUT2D eigenvalue weighted by molar-refractivity contribution is 7.89. The molecule has 0 saturated carbocycles. The fourth-order valence-corrected chi connectivity index (χ4v) is 4.71. The van der Waals surface area contributed by atoms with Gasteiger partial charge in [-0.05, 0) is 36.2 Å². The van der Waals surface area contributed by atoms with Crippen LogP contribution in [-0.2, 0) is 21.2 Å². The molecule has 1 atom stereocenters. The van der Waals surface area contributed by atoms with Gasteiger partial charge in [-0.25, -0.2) is 13.1 Å². The molecule has 29 heavy (non-hydrogen) atoms. The number of rotatable bonds is 8. The Morgan fingerprint density at radius 1 is 1.03 bits per heavy atom. The number of nitrogens with one attached hydrogen (secondary N) is 2. The third kappa shape index (κ3) is 5.57. The molecule has 0 bridgehead atoms. The molecule has 158 valence electrons. The van der Waals surface area contributed by atoms with Crippen LogP contribution in [0, 0.1) is 0 Å². The van der Waals surface area contributed by atoms with Crippen LogP contribution in [0.3, 0.4) is 0 Å². The molecule has 2 aromatic carbocycles. The molecule has 1 aliphatic heterocycles. The lowest BCUT2D eigenvalue weighted by Crippen LogP contribution is -3.15. The van der Waals surface area contributed by atoms with E-state index in [1.54, 1.807) is 12.1 Å². The molecule has 0 unspecified atom stereocenters. The van der Waals surface area contributed by atoms with Crippen LogP contribution in [0.25, 0.3) is 0 Å². The van der Waals surface area contributed by atoms with Crippen LogP contribution in [-0.4, -0.2) is 55.4 Å². The number of hydrogen-bond donors (Lipinski definition) is 2. The Labute approximate surface area is 174 Å². The number of sulfonamides is 1. The highest BCUT2D eigenvalue weighted by Crippen LogP contribution is 2.17. The summed E-state index contributed by atoms with van der Waals surface area (Å²) in [7, 11) is 0.472. The second-order valence-corrected chi connectivity index (χ2v) is 9.43. The third-order valence-corrected chi connectivity index (χ3v) is 7.00. The number of aryl methyl sites for hydroxylation is 1. The zero-order valence-electron chi connectivity index (χ0n) is 17.5. The molecule has 1 fully saturated rings. The fourth-order valence-electron chi connectivity index (χ4n) is 3.67. The van der Waals surface area contributed by atoms with E-state index in [2.05, 4.69) is 40.8 Å². The van der Waals surface area contributed by atoms with Gasteiger partial charge in [0.25, 0.3) is 0 Å². The monoisotopic (exact) mass is 418 g/mol. The van der Waals surface area contributed by atoms with Gasteiger partial charge in [0.2, 0.25) is 10.0 Å². The molecule has 0 aliphatic carbocycles. The summed E-state index contributed by atoms with van der Waals surface area (Å²) in [4.78, 5) is 3.72. The van der Waals surface area contributed by atoms with Gasteiger partial charge in [0.05, 0.1) is 24.7 Å². The van der Waals surface area contributed by atoms with Crippen molar-refractivity contribution in [3.63, 3.8) is 0 Å². The molecule has 0 radical (unpaired) electrons. The Morgan fingerprint density at radius 3 is 2.21 bits per heavy atom. The second-order valence-electron chi connectivity index (χ2n) is 7.66. The van der Waals surface area contributed by atoms with Crippen LogP contribution < -0.4 is 14.5 Å². The van der Waals surface area contributed by atoms with E-state index < -0.39 is 10.0 Å². The standard InChI is InChI=1S/C22H31N3O3S/c1-4-18-5-11-21(12-6-18)29(26,27)23-17-22(25-13-15-28-16-14-25)19-7-9-20(10-8-19)24(2)3/h5-12,22-23H,4,13-17H2,1-3H3/p+1/t22-/m1/s1. The summed E-state index contributed by atoms with van der Waals surface area (Å²) in [6, 6.07) is 15.5. The van der Waals surface area contributed by atoms with Crippen molar-refractivity contribution in [1.29, 1.82) is 0 Å². The van der Waals surface area contributed by atoms with Gasteiger partial charge < -0.3 is 14.5 Å². The van der Waals surface area contributed by atoms with Crippen molar-refractivity contribution in [2.45, 2.75) is 24.3 Å². The predicted octanol–water partition coefficient (Wildman–Crippen LogP) is 1.25. The van der Waals surface area contributed by atoms with Crippen molar-refractivity contribution < 1.29 is 18.1 Å². The fraction of sp³-hybridized carbons (Fsp3) is 0.455. The molecule has 0 spiro atoms. The maximum absolute atomic E-state index is 12.8. The van der Waals surface area contributed by atoms with Gasteiger partial charge in [0.1, 0.15) is 19.1 Å². The number of ether oxygens (including phenoxy) is 1. The van der Waals surface area contributed by atoms with Gasteiger partial charge in [-0.15, -0.1) is 0 Å². The number of quaternary nitrogens is 1. The first-order chi connectivity index (χ1) is 13.9. The van der Waals surface area contributed by atoms with E-state index >= 15 is 0 Å². The maximum atomic E-state index is 12.8. The molecule has 1 aliphatic rings. The molecule has 0 amide bonds. The first-order valence-corrected chi connectivity index (χ1v) is 11.7. The van der Waals surface area contributed by atoms with Gasteiger partial charge in [0, 0.05) is 25.3 Å². The summed E-state index contributed by atoms with van der Waals surface area (Å²) >= 11 is 0. The summed E-state index contributed by atoms with van der Waals surface area (Å²) in [5.41, 5.74) is 3.39. The van der Waals surface area contributed by atoms with Crippen molar-refractivity contribution >= 4 is 15.7 Å². The minimum Gasteiger partial charge on any atom is -0.378 e. The van der Waals surface area contributed by atoms with Crippen LogP contribution in [0.4, 0.5) is 5.69 Å². The lowest BCUT2D eigenvalue weighted by molar-refractivity contribution is -0.937. The minimum absolute atomic E-state index is 0.0415. The predicted molar refractivity (Wildman–Crippen MR) is 116 cm³/mol. The SMILES string of the molecule is CCc1ccc(S(=O)(=O)NC[C@H](c2ccc(N(C)C)cc2)[NH+]2CCOCC2)cc1. The number of benzene rings is 2. The molecule has 6 nitrogen and oxygen atoms in total. The van der Waals surface area contributed by atoms with Gasteiger partial charge in [-0.3, -0.25) is 0 Å². The van der Waals surface area contributed by atoms with Crippen LogP contribution >= 0.6 is 0 Å². The Morgan fingerprint density at radius 2 is 1.66 bits per heavy atom. The highest BCUT2D eigenvalue weighted by Gasteiger charge is 2.28. The number of nitrogens with zero attached hydrogens (tertiary/aromatic N) is 1. The van der Waals surface area contributed by atoms with E-state index in [4.69, 9.17) is 4.74 Å². The molecule has 3 rings (SSSR count). The van der Waals surface area contributed by atoms with Crippen molar-refractivity contribution in [2.24, 2.45) is 0 Å². The van der Waals surface area contributed by atoms with E-state index in [1.165, 1.54) is 4.90 Å². The molecular formula is C22H32N3O3S+. The minimum atomic E-state index is -3.55. The Bertz CT molecular complexity index is 875. The Balaban J connectivity index is 1.78. The Hall–Kier alpha value is -1.93. The summed E-state index contributed by atoms with van der Waals surface area (Å²) in [5.74, 6) is 0. The highest BCUT2D eigenvalue weighted by atomic mass is 32.2. The van der Waals surface area contributed by atoms with Crippen molar-refractivity contribution in [3.8, 4) is 0 Å². The largest absolute Gasteiger partial charge is 0.378 e. The van der Waals surface area contributed by atoms with Gasteiger partial charge in [0.15, 0.2) is 0 Å². The molecule has 0 aromatic heterocycles. The van der Waals surface area contributed by atoms with Crippen molar-refractivity contribution in [3.05, 3.63) is 59.7 Å². The van der Waals surface area contributed by atoms with E-state index in [1.807, 2.05) is 26.2 Å². The zero-order valence-corrected chi connectivity index (χ0v) is 18.3. The lowest BCUT2D eigenvalue weighted by atomic mass is 10.0. The Kier molecular flexibility index (Phi) is 7.29. The molecule has 7 heteroatoms. The van der Waals surface area contributed by atoms with Crippen LogP contribution in [0.1, 0.15) is 24.1 Å². The van der Waals surface area contributed by atoms with E-state index in [0.29, 0.717) is 24.7 Å². The smallest absolute Gasteiger partial charge is 0.240 e. The first kappa shape index (κ1) is 21.8. The quantitative estimate of drug-likeness (QED) is 0.677. The zero-order chi connectivity index (χ0) is 20.9. The first-order valence-electron chi connectivity index (χ1n) is 10.2. The normalized spacial score (nSPS) is 16.5. The van der Waals surface area contributed by atoms with E-state index in [0.717, 1.165) is 36.3 Å². The van der Waals surface area contributed by atoms with E-state index in [9.17, 15) is 8.42 Å². The van der Waals surface area contributed by atoms with Crippen LogP contribution in [0.2, 0.25) is 0 Å². The third-order valence-electron chi connectivity index (χ3n) is 5.56. The number of morpholine rings is 1. The van der Waals surface area contributed by atoms with Crippen molar-refractivity contribution in [1.82, 2.24) is 4.72 Å². The topological polar surface area (TPSA) is 63.1 Å². The van der Waals surface area contributed by atoms with E-state index in [-0.39, 0.29) is 6.04 Å². The number of anilines is 1. The molecule has 1 saturated heterocycles. The van der Waals surface area contributed by atoms with Crippen LogP contribution in [0.15, 0.2) is 53.4 Å². The van der Waals surface area contributed by atoms with Gasteiger partial charge in [-0.1, -0.05) is 31.2 Å². The molecular weight excluding hydrogens is 386 g/mol. The van der Waals surface area contributed by atoms with Crippen LogP contribution in [0.5, 0.6) is 0 Å². The molecule has 1 heterocycles. The second kappa shape index (κ2) is 9.71. The average molecular weight is 419 g/mol. The maximum Gasteiger partial charge on any atom is 0.240 e. The molecule has 2 N–H and O–H groups in total. The lowest BCUT2D eigenvalue weighted by Gasteiger charge is -2.32. The summed E-state index contributed by atoms with van der Waals surface area (Å²) in [6.07, 6.45) is 0.888. The molecule has 2 aromatic rings. The summed E-state index contributed by atoms with van der Waals surface area (Å²) in [5, 5.41) is 0. The van der Waals surface area contributed by atoms with Gasteiger partial charge in [-0.2, -0.15) is 0 Å². The number of hydrogen-bond acceptors (Lipinski definition) is 4. The average Bonchev–Trinajstić information content (AvgIpc) is 2.75. The summed E-state index contributed by atoms with van der Waals surface area (Å²) in [6.45, 7) is 5.55. The summed E-state index contributed by atoms with van der Waals surface area (Å²) < 4.78 is 34.0.